The fraction of sp³-hybridized carbons (Fsp3) is 0.385. The van der Waals surface area contributed by atoms with Gasteiger partial charge < -0.3 is 10.1 Å². The summed E-state index contributed by atoms with van der Waals surface area (Å²) >= 11 is 0. The van der Waals surface area contributed by atoms with Crippen molar-refractivity contribution < 1.29 is 27.9 Å². The quantitative estimate of drug-likeness (QED) is 0.350. The molecule has 6 nitrogen and oxygen atoms in total. The number of hydrogen-bond donors (Lipinski definition) is 1. The van der Waals surface area contributed by atoms with Crippen LogP contribution < -0.4 is 5.32 Å². The molecule has 2 atom stereocenters. The molecule has 0 aromatic heterocycles. The summed E-state index contributed by atoms with van der Waals surface area (Å²) in [6, 6.07) is 9.71. The van der Waals surface area contributed by atoms with Crippen molar-refractivity contribution in [1.82, 2.24) is 5.32 Å². The van der Waals surface area contributed by atoms with Crippen LogP contribution in [0, 0.1) is 17.0 Å². The second kappa shape index (κ2) is 8.74. The van der Waals surface area contributed by atoms with E-state index in [4.69, 9.17) is 4.74 Å². The lowest BCUT2D eigenvalue weighted by Gasteiger charge is -2.25. The number of carbonyl (C=O) groups is 3. The minimum absolute atomic E-state index is 0.226. The van der Waals surface area contributed by atoms with Crippen LogP contribution in [-0.4, -0.2) is 42.1 Å². The number of esters is 1. The highest BCUT2D eigenvalue weighted by molar-refractivity contribution is 6.06. The first-order chi connectivity index (χ1) is 15.8. The van der Waals surface area contributed by atoms with E-state index in [9.17, 15) is 23.2 Å². The minimum atomic E-state index is -1.44. The van der Waals surface area contributed by atoms with Gasteiger partial charge in [0.1, 0.15) is 17.2 Å². The summed E-state index contributed by atoms with van der Waals surface area (Å²) in [7, 11) is 0. The van der Waals surface area contributed by atoms with E-state index in [1.54, 1.807) is 31.2 Å². The molecule has 2 aromatic carbocycles. The van der Waals surface area contributed by atoms with Crippen molar-refractivity contribution in [2.24, 2.45) is 10.4 Å². The number of aliphatic imine (C=N–C) groups is 1. The van der Waals surface area contributed by atoms with E-state index in [1.807, 2.05) is 13.8 Å². The lowest BCUT2D eigenvalue weighted by Crippen LogP contribution is -2.50. The molecular weight excluding hydrogens is 442 g/mol. The zero-order valence-electron chi connectivity index (χ0n) is 19.9. The average Bonchev–Trinajstić information content (AvgIpc) is 3.29. The fourth-order valence-corrected chi connectivity index (χ4v) is 4.69. The highest BCUT2D eigenvalue weighted by Crippen LogP contribution is 2.70. The number of ketones is 1. The molecule has 1 amide bonds. The normalized spacial score (nSPS) is 20.9. The van der Waals surface area contributed by atoms with Crippen molar-refractivity contribution in [3.8, 4) is 0 Å². The highest BCUT2D eigenvalue weighted by atomic mass is 19.1. The number of ether oxygens (including phenoxy) is 1. The van der Waals surface area contributed by atoms with Crippen LogP contribution in [0.15, 0.2) is 47.5 Å². The number of hydrogen-bond acceptors (Lipinski definition) is 5. The Balaban J connectivity index is 1.82. The van der Waals surface area contributed by atoms with Crippen LogP contribution in [0.2, 0.25) is 0 Å². The van der Waals surface area contributed by atoms with Crippen LogP contribution in [0.5, 0.6) is 0 Å². The number of Topliss-reactive ketones (excluding diaryl/α,β-unsaturated/α-hetero) is 1. The largest absolute Gasteiger partial charge is 0.464 e. The average molecular weight is 471 g/mol. The number of amides is 1. The standard InChI is InChI=1S/C26H28F2N2O4/c1-7-34-23(33)26(29-6)20(24(26,2)3)15-11-13-16(14-12-15)21(31)25(4,5)30-22(32)19-17(27)9-8-10-18(19)28/h8-14,20H,6-7H2,1-5H3,(H,30,32). The summed E-state index contributed by atoms with van der Waals surface area (Å²) < 4.78 is 33.1. The van der Waals surface area contributed by atoms with Gasteiger partial charge in [-0.15, -0.1) is 0 Å². The second-order valence-electron chi connectivity index (χ2n) is 9.43. The molecule has 1 saturated carbocycles. The predicted molar refractivity (Wildman–Crippen MR) is 124 cm³/mol. The van der Waals surface area contributed by atoms with Gasteiger partial charge in [-0.3, -0.25) is 14.6 Å². The molecule has 3 rings (SSSR count). The Bertz CT molecular complexity index is 1140. The molecule has 8 heteroatoms. The predicted octanol–water partition coefficient (Wildman–Crippen LogP) is 4.48. The second-order valence-corrected chi connectivity index (χ2v) is 9.43. The highest BCUT2D eigenvalue weighted by Gasteiger charge is 2.77. The van der Waals surface area contributed by atoms with Gasteiger partial charge in [-0.2, -0.15) is 0 Å². The van der Waals surface area contributed by atoms with Gasteiger partial charge in [0.2, 0.25) is 0 Å². The van der Waals surface area contributed by atoms with Gasteiger partial charge in [-0.25, -0.2) is 13.6 Å². The van der Waals surface area contributed by atoms with Crippen LogP contribution >= 0.6 is 0 Å². The number of nitrogens with zero attached hydrogens (tertiary/aromatic N) is 1. The third-order valence-corrected chi connectivity index (χ3v) is 6.56. The Morgan fingerprint density at radius 3 is 2.15 bits per heavy atom. The first-order valence-corrected chi connectivity index (χ1v) is 10.9. The summed E-state index contributed by atoms with van der Waals surface area (Å²) in [5.41, 5.74) is -2.74. The van der Waals surface area contributed by atoms with Crippen molar-refractivity contribution in [1.29, 1.82) is 0 Å². The van der Waals surface area contributed by atoms with Gasteiger partial charge in [0, 0.05) is 16.9 Å². The van der Waals surface area contributed by atoms with Gasteiger partial charge in [-0.05, 0) is 45.2 Å². The number of rotatable bonds is 8. The Labute approximate surface area is 197 Å². The van der Waals surface area contributed by atoms with E-state index in [0.29, 0.717) is 0 Å². The molecule has 2 unspecified atom stereocenters. The topological polar surface area (TPSA) is 84.8 Å². The molecule has 1 aliphatic rings. The van der Waals surface area contributed by atoms with Crippen LogP contribution in [0.25, 0.3) is 0 Å². The Morgan fingerprint density at radius 1 is 1.09 bits per heavy atom. The maximum atomic E-state index is 14.0. The van der Waals surface area contributed by atoms with Crippen molar-refractivity contribution in [3.05, 3.63) is 70.8 Å². The molecule has 34 heavy (non-hydrogen) atoms. The van der Waals surface area contributed by atoms with Gasteiger partial charge in [0.05, 0.1) is 12.1 Å². The first kappa shape index (κ1) is 25.2. The van der Waals surface area contributed by atoms with E-state index in [-0.39, 0.29) is 18.1 Å². The molecule has 0 saturated heterocycles. The SMILES string of the molecule is C=NC1(C(=O)OCC)C(c2ccc(C(=O)C(C)(C)NC(=O)c3c(F)cccc3F)cc2)C1(C)C. The number of benzene rings is 2. The summed E-state index contributed by atoms with van der Waals surface area (Å²) in [5, 5.41) is 2.41. The summed E-state index contributed by atoms with van der Waals surface area (Å²) in [6.07, 6.45) is 0. The Morgan fingerprint density at radius 2 is 1.65 bits per heavy atom. The van der Waals surface area contributed by atoms with Crippen LogP contribution in [0.3, 0.4) is 0 Å². The van der Waals surface area contributed by atoms with Gasteiger partial charge >= 0.3 is 5.97 Å². The zero-order chi connectivity index (χ0) is 25.5. The van der Waals surface area contributed by atoms with Crippen LogP contribution in [-0.2, 0) is 9.53 Å². The number of halogens is 2. The lowest BCUT2D eigenvalue weighted by molar-refractivity contribution is -0.146. The van der Waals surface area contributed by atoms with Crippen molar-refractivity contribution in [2.75, 3.05) is 6.61 Å². The van der Waals surface area contributed by atoms with Gasteiger partial charge in [0.15, 0.2) is 11.3 Å². The molecule has 0 aliphatic heterocycles. The van der Waals surface area contributed by atoms with Crippen LogP contribution in [0.1, 0.15) is 66.8 Å². The molecule has 1 fully saturated rings. The summed E-state index contributed by atoms with van der Waals surface area (Å²) in [5.74, 6) is -4.22. The van der Waals surface area contributed by atoms with Gasteiger partial charge in [0.25, 0.3) is 5.91 Å². The van der Waals surface area contributed by atoms with E-state index in [0.717, 1.165) is 23.8 Å². The zero-order valence-corrected chi connectivity index (χ0v) is 19.9. The maximum Gasteiger partial charge on any atom is 0.335 e. The monoisotopic (exact) mass is 470 g/mol. The van der Waals surface area contributed by atoms with E-state index in [2.05, 4.69) is 17.0 Å². The molecule has 0 spiro atoms. The van der Waals surface area contributed by atoms with Crippen molar-refractivity contribution >= 4 is 24.4 Å². The third kappa shape index (κ3) is 3.91. The van der Waals surface area contributed by atoms with E-state index in [1.165, 1.54) is 13.8 Å². The Kier molecular flexibility index (Phi) is 6.48. The number of nitrogens with one attached hydrogen (secondary N) is 1. The third-order valence-electron chi connectivity index (χ3n) is 6.56. The lowest BCUT2D eigenvalue weighted by atomic mass is 9.91. The molecule has 180 valence electrons. The molecule has 1 aliphatic carbocycles. The molecular formula is C26H28F2N2O4. The molecule has 1 N–H and O–H groups in total. The number of carbonyl (C=O) groups excluding carboxylic acids is 3. The summed E-state index contributed by atoms with van der Waals surface area (Å²) in [6.45, 7) is 12.3. The smallest absolute Gasteiger partial charge is 0.335 e. The molecule has 0 bridgehead atoms. The van der Waals surface area contributed by atoms with Crippen LogP contribution in [0.4, 0.5) is 8.78 Å². The molecule has 2 aromatic rings. The molecule has 0 radical (unpaired) electrons. The van der Waals surface area contributed by atoms with Gasteiger partial charge in [-0.1, -0.05) is 44.2 Å². The first-order valence-electron chi connectivity index (χ1n) is 10.9. The fourth-order valence-electron chi connectivity index (χ4n) is 4.69. The van der Waals surface area contributed by atoms with Crippen molar-refractivity contribution in [2.45, 2.75) is 51.6 Å². The summed E-state index contributed by atoms with van der Waals surface area (Å²) in [4.78, 5) is 42.3. The maximum absolute atomic E-state index is 14.0. The van der Waals surface area contributed by atoms with E-state index < -0.39 is 51.4 Å². The van der Waals surface area contributed by atoms with E-state index >= 15 is 0 Å². The molecule has 0 heterocycles. The minimum Gasteiger partial charge on any atom is -0.464 e. The van der Waals surface area contributed by atoms with Crippen molar-refractivity contribution in [3.63, 3.8) is 0 Å². The Hall–Kier alpha value is -3.42.